The monoisotopic (exact) mass is 600 g/mol. The molecule has 2 aromatic rings. The van der Waals surface area contributed by atoms with Gasteiger partial charge in [-0.05, 0) is 30.2 Å². The van der Waals surface area contributed by atoms with E-state index in [1.165, 1.54) is 70.6 Å². The van der Waals surface area contributed by atoms with Crippen LogP contribution in [0.4, 0.5) is 0 Å². The van der Waals surface area contributed by atoms with Gasteiger partial charge >= 0.3 is 5.91 Å². The van der Waals surface area contributed by atoms with Crippen molar-refractivity contribution in [2.45, 2.75) is 90.5 Å². The van der Waals surface area contributed by atoms with Crippen molar-refractivity contribution in [3.8, 4) is 5.75 Å². The van der Waals surface area contributed by atoms with Gasteiger partial charge in [-0.25, -0.2) is 0 Å². The van der Waals surface area contributed by atoms with Crippen LogP contribution in [0, 0.1) is 0 Å². The zero-order chi connectivity index (χ0) is 23.7. The van der Waals surface area contributed by atoms with E-state index in [9.17, 15) is 4.79 Å². The van der Waals surface area contributed by atoms with E-state index in [1.54, 1.807) is 10.6 Å². The van der Waals surface area contributed by atoms with E-state index >= 15 is 0 Å². The molecule has 1 aromatic heterocycles. The highest BCUT2D eigenvalue weighted by molar-refractivity contribution is 6.32. The van der Waals surface area contributed by atoms with Crippen LogP contribution in [0.5, 0.6) is 5.75 Å². The van der Waals surface area contributed by atoms with Crippen molar-refractivity contribution in [2.75, 3.05) is 6.61 Å². The summed E-state index contributed by atoms with van der Waals surface area (Å²) in [6, 6.07) is 11.3. The molecule has 1 amide bonds. The summed E-state index contributed by atoms with van der Waals surface area (Å²) in [6.45, 7) is 3.39. The number of aromatic nitrogens is 1. The normalized spacial score (nSPS) is 10.6. The average molecular weight is 601 g/mol. The molecule has 34 heavy (non-hydrogen) atoms. The molecule has 1 aromatic carbocycles. The number of nitrogens with one attached hydrogen (secondary N) is 1. The molecule has 0 atom stereocenters. The van der Waals surface area contributed by atoms with Crippen LogP contribution in [0.25, 0.3) is 0 Å². The minimum absolute atomic E-state index is 0. The first-order valence-corrected chi connectivity index (χ1v) is 13.1. The Kier molecular flexibility index (Phi) is 17.1. The SMILES string of the molecule is CCCCCCCCCCCCCCOc1ccc(CNC(=O)c2cccc[n+]2C)cc1Cl.[I-]. The third-order valence-corrected chi connectivity index (χ3v) is 6.29. The van der Waals surface area contributed by atoms with Gasteiger partial charge in [0.2, 0.25) is 0 Å². The lowest BCUT2D eigenvalue weighted by Crippen LogP contribution is -3.00. The Morgan fingerprint density at radius 3 is 2.12 bits per heavy atom. The van der Waals surface area contributed by atoms with Crippen LogP contribution in [-0.4, -0.2) is 12.5 Å². The second-order valence-electron chi connectivity index (χ2n) is 8.88. The topological polar surface area (TPSA) is 42.2 Å². The van der Waals surface area contributed by atoms with Crippen molar-refractivity contribution in [1.82, 2.24) is 5.32 Å². The lowest BCUT2D eigenvalue weighted by Gasteiger charge is -2.10. The third-order valence-electron chi connectivity index (χ3n) is 5.99. The fourth-order valence-electron chi connectivity index (χ4n) is 3.93. The number of hydrogen-bond acceptors (Lipinski definition) is 2. The fraction of sp³-hybridized carbons (Fsp3) is 0.571. The second-order valence-corrected chi connectivity index (χ2v) is 9.29. The van der Waals surface area contributed by atoms with Gasteiger partial charge in [-0.2, -0.15) is 4.57 Å². The summed E-state index contributed by atoms with van der Waals surface area (Å²) in [5.74, 6) is 0.603. The van der Waals surface area contributed by atoms with Gasteiger partial charge in [-0.3, -0.25) is 4.79 Å². The number of benzene rings is 1. The molecule has 1 N–H and O–H groups in total. The van der Waals surface area contributed by atoms with Crippen molar-refractivity contribution in [3.05, 3.63) is 58.9 Å². The molecule has 0 aliphatic rings. The Hall–Kier alpha value is -1.34. The van der Waals surface area contributed by atoms with Gasteiger partial charge in [0.15, 0.2) is 6.20 Å². The van der Waals surface area contributed by atoms with Gasteiger partial charge in [0.1, 0.15) is 12.8 Å². The number of nitrogens with zero attached hydrogens (tertiary/aromatic N) is 1. The maximum Gasteiger partial charge on any atom is 0.316 e. The number of pyridine rings is 1. The minimum Gasteiger partial charge on any atom is -1.00 e. The highest BCUT2D eigenvalue weighted by Gasteiger charge is 2.15. The largest absolute Gasteiger partial charge is 1.00 e. The Balaban J connectivity index is 0.00000578. The number of amides is 1. The van der Waals surface area contributed by atoms with Gasteiger partial charge in [0.25, 0.3) is 5.69 Å². The van der Waals surface area contributed by atoms with Crippen LogP contribution in [0.3, 0.4) is 0 Å². The Morgan fingerprint density at radius 1 is 0.912 bits per heavy atom. The Morgan fingerprint density at radius 2 is 1.53 bits per heavy atom. The molecule has 0 spiro atoms. The summed E-state index contributed by atoms with van der Waals surface area (Å²) < 4.78 is 7.67. The standard InChI is InChI=1S/C28H41ClN2O2.HI/c1-3-4-5-6-7-8-9-10-11-12-13-16-21-33-27-19-18-24(22-25(27)29)23-30-28(32)26-17-14-15-20-31(26)2;/h14-15,17-20,22H,3-13,16,21,23H2,1-2H3;1H. The number of rotatable bonds is 17. The zero-order valence-corrected chi connectivity index (χ0v) is 23.9. The Labute approximate surface area is 228 Å². The molecule has 0 aliphatic heterocycles. The molecular formula is C28H42ClIN2O2. The molecule has 0 radical (unpaired) electrons. The number of carbonyl (C=O) groups excluding carboxylic acids is 1. The molecular weight excluding hydrogens is 559 g/mol. The van der Waals surface area contributed by atoms with Crippen LogP contribution in [-0.2, 0) is 13.6 Å². The molecule has 1 heterocycles. The molecule has 0 bridgehead atoms. The predicted molar refractivity (Wildman–Crippen MR) is 137 cm³/mol. The minimum atomic E-state index is -0.110. The van der Waals surface area contributed by atoms with E-state index in [0.717, 1.165) is 12.0 Å². The molecule has 4 nitrogen and oxygen atoms in total. The van der Waals surface area contributed by atoms with E-state index in [0.29, 0.717) is 29.6 Å². The van der Waals surface area contributed by atoms with Gasteiger partial charge in [-0.1, -0.05) is 95.2 Å². The molecule has 6 heteroatoms. The zero-order valence-electron chi connectivity index (χ0n) is 21.0. The third kappa shape index (κ3) is 12.4. The molecule has 0 unspecified atom stereocenters. The van der Waals surface area contributed by atoms with Gasteiger partial charge in [0, 0.05) is 18.7 Å². The van der Waals surface area contributed by atoms with E-state index < -0.39 is 0 Å². The molecule has 0 aliphatic carbocycles. The molecule has 0 fully saturated rings. The summed E-state index contributed by atoms with van der Waals surface area (Å²) in [7, 11) is 1.86. The van der Waals surface area contributed by atoms with E-state index in [2.05, 4.69) is 12.2 Å². The van der Waals surface area contributed by atoms with Crippen molar-refractivity contribution in [3.63, 3.8) is 0 Å². The van der Waals surface area contributed by atoms with Crippen LogP contribution < -0.4 is 38.6 Å². The van der Waals surface area contributed by atoms with Crippen LogP contribution in [0.2, 0.25) is 5.02 Å². The number of ether oxygens (including phenoxy) is 1. The lowest BCUT2D eigenvalue weighted by atomic mass is 10.1. The highest BCUT2D eigenvalue weighted by Crippen LogP contribution is 2.26. The van der Waals surface area contributed by atoms with Crippen LogP contribution in [0.1, 0.15) is 100 Å². The first-order chi connectivity index (χ1) is 16.1. The summed E-state index contributed by atoms with van der Waals surface area (Å²) in [6.07, 6.45) is 17.8. The first kappa shape index (κ1) is 30.7. The maximum atomic E-state index is 12.4. The summed E-state index contributed by atoms with van der Waals surface area (Å²) in [4.78, 5) is 12.4. The number of unbranched alkanes of at least 4 members (excludes halogenated alkanes) is 11. The summed E-state index contributed by atoms with van der Waals surface area (Å²) >= 11 is 6.40. The highest BCUT2D eigenvalue weighted by atomic mass is 127. The first-order valence-electron chi connectivity index (χ1n) is 12.8. The summed E-state index contributed by atoms with van der Waals surface area (Å²) in [5.41, 5.74) is 1.57. The van der Waals surface area contributed by atoms with Crippen molar-refractivity contribution in [1.29, 1.82) is 0 Å². The number of hydrogen-bond donors (Lipinski definition) is 1. The summed E-state index contributed by atoms with van der Waals surface area (Å²) in [5, 5.41) is 3.53. The number of halogens is 2. The van der Waals surface area contributed by atoms with Crippen LogP contribution in [0.15, 0.2) is 42.6 Å². The maximum absolute atomic E-state index is 12.4. The molecule has 2 rings (SSSR count). The van der Waals surface area contributed by atoms with Gasteiger partial charge in [-0.15, -0.1) is 0 Å². The Bertz CT molecular complexity index is 832. The number of carbonyl (C=O) groups is 1. The lowest BCUT2D eigenvalue weighted by molar-refractivity contribution is -0.673. The van der Waals surface area contributed by atoms with Crippen molar-refractivity contribution < 1.29 is 38.1 Å². The fourth-order valence-corrected chi connectivity index (χ4v) is 4.19. The molecule has 0 saturated carbocycles. The number of aryl methyl sites for hydroxylation is 1. The quantitative estimate of drug-likeness (QED) is 0.168. The molecule has 190 valence electrons. The van der Waals surface area contributed by atoms with Crippen molar-refractivity contribution in [2.24, 2.45) is 7.05 Å². The van der Waals surface area contributed by atoms with E-state index in [1.807, 2.05) is 43.6 Å². The second kappa shape index (κ2) is 18.9. The predicted octanol–water partition coefficient (Wildman–Crippen LogP) is 4.18. The van der Waals surface area contributed by atoms with Gasteiger partial charge < -0.3 is 34.0 Å². The van der Waals surface area contributed by atoms with E-state index in [4.69, 9.17) is 16.3 Å². The van der Waals surface area contributed by atoms with E-state index in [-0.39, 0.29) is 29.9 Å². The molecule has 0 saturated heterocycles. The average Bonchev–Trinajstić information content (AvgIpc) is 2.82. The van der Waals surface area contributed by atoms with Crippen molar-refractivity contribution >= 4 is 17.5 Å². The van der Waals surface area contributed by atoms with Gasteiger partial charge in [0.05, 0.1) is 11.6 Å². The smallest absolute Gasteiger partial charge is 0.316 e. The van der Waals surface area contributed by atoms with Crippen LogP contribution >= 0.6 is 11.6 Å².